The Labute approximate surface area is 94.2 Å². The van der Waals surface area contributed by atoms with E-state index in [1.807, 2.05) is 6.07 Å². The molecule has 0 N–H and O–H groups in total. The van der Waals surface area contributed by atoms with Crippen LogP contribution < -0.4 is 0 Å². The Hall–Kier alpha value is -1.56. The van der Waals surface area contributed by atoms with Gasteiger partial charge in [-0.3, -0.25) is 4.79 Å². The summed E-state index contributed by atoms with van der Waals surface area (Å²) in [5, 5.41) is 11.1. The molecule has 0 aliphatic carbocycles. The van der Waals surface area contributed by atoms with Crippen molar-refractivity contribution in [2.75, 3.05) is 0 Å². The van der Waals surface area contributed by atoms with E-state index in [1.54, 1.807) is 25.2 Å². The Morgan fingerprint density at radius 3 is 2.87 bits per heavy atom. The first-order chi connectivity index (χ1) is 7.16. The summed E-state index contributed by atoms with van der Waals surface area (Å²) in [7, 11) is 1.62. The summed E-state index contributed by atoms with van der Waals surface area (Å²) in [6.07, 6.45) is 0. The van der Waals surface area contributed by atoms with E-state index < -0.39 is 0 Å². The van der Waals surface area contributed by atoms with Gasteiger partial charge in [-0.1, -0.05) is 28.1 Å². The third kappa shape index (κ3) is 2.10. The molecular formula is C9H7BrN4O. The molecule has 0 aliphatic rings. The number of carbonyl (C=O) groups excluding carboxylic acids is 1. The van der Waals surface area contributed by atoms with Crippen molar-refractivity contribution < 1.29 is 4.79 Å². The molecule has 0 unspecified atom stereocenters. The van der Waals surface area contributed by atoms with E-state index in [4.69, 9.17) is 0 Å². The van der Waals surface area contributed by atoms with Crippen molar-refractivity contribution in [3.05, 3.63) is 40.1 Å². The number of nitrogens with zero attached hydrogens (tertiary/aromatic N) is 4. The number of aryl methyl sites for hydroxylation is 1. The summed E-state index contributed by atoms with van der Waals surface area (Å²) in [6, 6.07) is 7.07. The average Bonchev–Trinajstić information content (AvgIpc) is 2.64. The summed E-state index contributed by atoms with van der Waals surface area (Å²) in [6.45, 7) is 0. The SMILES string of the molecule is Cn1nnc(C(=O)c2cccc(Br)c2)n1. The van der Waals surface area contributed by atoms with Crippen molar-refractivity contribution in [1.82, 2.24) is 20.2 Å². The van der Waals surface area contributed by atoms with Crippen LogP contribution in [0.4, 0.5) is 0 Å². The molecule has 6 heteroatoms. The molecule has 5 nitrogen and oxygen atoms in total. The minimum absolute atomic E-state index is 0.107. The van der Waals surface area contributed by atoms with E-state index in [0.717, 1.165) is 4.47 Å². The molecule has 2 aromatic rings. The third-order valence-electron chi connectivity index (χ3n) is 1.80. The highest BCUT2D eigenvalue weighted by atomic mass is 79.9. The Kier molecular flexibility index (Phi) is 2.59. The van der Waals surface area contributed by atoms with Crippen LogP contribution >= 0.6 is 15.9 Å². The highest BCUT2D eigenvalue weighted by Gasteiger charge is 2.14. The van der Waals surface area contributed by atoms with Gasteiger partial charge in [-0.15, -0.1) is 10.2 Å². The Morgan fingerprint density at radius 2 is 2.27 bits per heavy atom. The second kappa shape index (κ2) is 3.90. The van der Waals surface area contributed by atoms with Crippen LogP contribution in [-0.4, -0.2) is 26.0 Å². The van der Waals surface area contributed by atoms with Crippen LogP contribution in [0.15, 0.2) is 28.7 Å². The average molecular weight is 267 g/mol. The Morgan fingerprint density at radius 1 is 1.47 bits per heavy atom. The number of aromatic nitrogens is 4. The van der Waals surface area contributed by atoms with Crippen molar-refractivity contribution in [3.63, 3.8) is 0 Å². The van der Waals surface area contributed by atoms with Crippen molar-refractivity contribution in [3.8, 4) is 0 Å². The zero-order valence-electron chi connectivity index (χ0n) is 7.88. The number of ketones is 1. The molecule has 0 saturated heterocycles. The first kappa shape index (κ1) is 9.97. The van der Waals surface area contributed by atoms with Gasteiger partial charge in [0, 0.05) is 10.0 Å². The van der Waals surface area contributed by atoms with Gasteiger partial charge in [0.15, 0.2) is 0 Å². The molecule has 0 aliphatic heterocycles. The molecule has 15 heavy (non-hydrogen) atoms. The molecule has 0 bridgehead atoms. The molecule has 0 fully saturated rings. The van der Waals surface area contributed by atoms with Gasteiger partial charge >= 0.3 is 0 Å². The quantitative estimate of drug-likeness (QED) is 0.767. The van der Waals surface area contributed by atoms with E-state index in [2.05, 4.69) is 31.3 Å². The number of benzene rings is 1. The first-order valence-electron chi connectivity index (χ1n) is 4.21. The number of rotatable bonds is 2. The number of tetrazole rings is 1. The molecule has 1 heterocycles. The van der Waals surface area contributed by atoms with Gasteiger partial charge in [0.2, 0.25) is 11.6 Å². The topological polar surface area (TPSA) is 60.7 Å². The van der Waals surface area contributed by atoms with Gasteiger partial charge in [0.05, 0.1) is 7.05 Å². The van der Waals surface area contributed by atoms with Crippen LogP contribution in [0, 0.1) is 0 Å². The lowest BCUT2D eigenvalue weighted by molar-refractivity contribution is 0.102. The lowest BCUT2D eigenvalue weighted by Crippen LogP contribution is -2.04. The zero-order chi connectivity index (χ0) is 10.8. The summed E-state index contributed by atoms with van der Waals surface area (Å²) < 4.78 is 0.845. The molecule has 1 aromatic heterocycles. The maximum atomic E-state index is 11.8. The standard InChI is InChI=1S/C9H7BrN4O/c1-14-12-9(11-13-14)8(15)6-3-2-4-7(10)5-6/h2-5H,1H3. The van der Waals surface area contributed by atoms with Crippen LogP contribution in [0.25, 0.3) is 0 Å². The monoisotopic (exact) mass is 266 g/mol. The summed E-state index contributed by atoms with van der Waals surface area (Å²) in [5.74, 6) is -0.125. The lowest BCUT2D eigenvalue weighted by atomic mass is 10.1. The molecule has 0 atom stereocenters. The number of hydrogen-bond acceptors (Lipinski definition) is 4. The fourth-order valence-electron chi connectivity index (χ4n) is 1.13. The van der Waals surface area contributed by atoms with Gasteiger partial charge in [0.25, 0.3) is 0 Å². The largest absolute Gasteiger partial charge is 0.285 e. The van der Waals surface area contributed by atoms with Crippen molar-refractivity contribution in [2.45, 2.75) is 0 Å². The Balaban J connectivity index is 2.36. The van der Waals surface area contributed by atoms with Crippen LogP contribution in [0.1, 0.15) is 16.2 Å². The lowest BCUT2D eigenvalue weighted by Gasteiger charge is -1.96. The molecule has 0 amide bonds. The second-order valence-corrected chi connectivity index (χ2v) is 3.86. The maximum absolute atomic E-state index is 11.8. The molecule has 0 radical (unpaired) electrons. The highest BCUT2D eigenvalue weighted by Crippen LogP contribution is 2.13. The predicted molar refractivity (Wildman–Crippen MR) is 56.4 cm³/mol. The van der Waals surface area contributed by atoms with Gasteiger partial charge in [-0.05, 0) is 17.3 Å². The van der Waals surface area contributed by atoms with E-state index in [-0.39, 0.29) is 11.6 Å². The number of hydrogen-bond donors (Lipinski definition) is 0. The van der Waals surface area contributed by atoms with Crippen molar-refractivity contribution >= 4 is 21.7 Å². The molecule has 76 valence electrons. The highest BCUT2D eigenvalue weighted by molar-refractivity contribution is 9.10. The minimum Gasteiger partial charge on any atom is -0.285 e. The minimum atomic E-state index is -0.232. The van der Waals surface area contributed by atoms with E-state index in [1.165, 1.54) is 4.80 Å². The molecule has 0 spiro atoms. The van der Waals surface area contributed by atoms with Crippen LogP contribution in [0.5, 0.6) is 0 Å². The first-order valence-corrected chi connectivity index (χ1v) is 5.00. The van der Waals surface area contributed by atoms with Crippen LogP contribution in [0.3, 0.4) is 0 Å². The zero-order valence-corrected chi connectivity index (χ0v) is 9.47. The smallest absolute Gasteiger partial charge is 0.245 e. The van der Waals surface area contributed by atoms with Gasteiger partial charge < -0.3 is 0 Å². The van der Waals surface area contributed by atoms with Crippen LogP contribution in [0.2, 0.25) is 0 Å². The summed E-state index contributed by atoms with van der Waals surface area (Å²) in [4.78, 5) is 13.1. The molecular weight excluding hydrogens is 260 g/mol. The van der Waals surface area contributed by atoms with Crippen molar-refractivity contribution in [2.24, 2.45) is 7.05 Å². The molecule has 1 aromatic carbocycles. The summed E-state index contributed by atoms with van der Waals surface area (Å²) >= 11 is 3.29. The fourth-order valence-corrected chi connectivity index (χ4v) is 1.53. The van der Waals surface area contributed by atoms with E-state index >= 15 is 0 Å². The van der Waals surface area contributed by atoms with Crippen LogP contribution in [-0.2, 0) is 7.05 Å². The molecule has 0 saturated carbocycles. The number of carbonyl (C=O) groups is 1. The van der Waals surface area contributed by atoms with E-state index in [9.17, 15) is 4.79 Å². The van der Waals surface area contributed by atoms with Gasteiger partial charge in [-0.25, -0.2) is 0 Å². The number of halogens is 1. The maximum Gasteiger partial charge on any atom is 0.245 e. The fraction of sp³-hybridized carbons (Fsp3) is 0.111. The van der Waals surface area contributed by atoms with E-state index in [0.29, 0.717) is 5.56 Å². The molecule has 2 rings (SSSR count). The predicted octanol–water partition coefficient (Wildman–Crippen LogP) is 1.20. The second-order valence-electron chi connectivity index (χ2n) is 2.94. The summed E-state index contributed by atoms with van der Waals surface area (Å²) in [5.41, 5.74) is 0.539. The van der Waals surface area contributed by atoms with Crippen molar-refractivity contribution in [1.29, 1.82) is 0 Å². The van der Waals surface area contributed by atoms with Gasteiger partial charge in [0.1, 0.15) is 0 Å². The third-order valence-corrected chi connectivity index (χ3v) is 2.29. The Bertz CT molecular complexity index is 508. The van der Waals surface area contributed by atoms with Gasteiger partial charge in [-0.2, -0.15) is 4.80 Å². The normalized spacial score (nSPS) is 10.3.